The number of nitrogens with zero attached hydrogens (tertiary/aromatic N) is 1. The summed E-state index contributed by atoms with van der Waals surface area (Å²) >= 11 is 0. The second-order valence-electron chi connectivity index (χ2n) is 7.05. The zero-order valence-corrected chi connectivity index (χ0v) is 19.8. The molecule has 2 aromatic carbocycles. The van der Waals surface area contributed by atoms with Gasteiger partial charge in [0.2, 0.25) is 0 Å². The standard InChI is InChI=1S/C24H34N2O9/c25-23-3-1-2-4-24(23)35-20-18-33-16-14-31-12-10-29-9-11-30-13-15-32-17-19-34-22-7-5-21(6-8-22)26(27)28/h1-8H,9-20,25H2. The third kappa shape index (κ3) is 13.5. The minimum absolute atomic E-state index is 0.0281. The second-order valence-corrected chi connectivity index (χ2v) is 7.05. The van der Waals surface area contributed by atoms with Crippen LogP contribution in [-0.4, -0.2) is 84.2 Å². The Morgan fingerprint density at radius 2 is 1.03 bits per heavy atom. The van der Waals surface area contributed by atoms with Gasteiger partial charge in [-0.3, -0.25) is 10.1 Å². The Balaban J connectivity index is 1.26. The van der Waals surface area contributed by atoms with Gasteiger partial charge >= 0.3 is 0 Å². The number of benzene rings is 2. The fraction of sp³-hybridized carbons (Fsp3) is 0.500. The molecule has 2 rings (SSSR count). The highest BCUT2D eigenvalue weighted by Crippen LogP contribution is 2.19. The van der Waals surface area contributed by atoms with Gasteiger partial charge in [0.15, 0.2) is 0 Å². The number of para-hydroxylation sites is 2. The van der Waals surface area contributed by atoms with Gasteiger partial charge in [-0.1, -0.05) is 12.1 Å². The van der Waals surface area contributed by atoms with Crippen molar-refractivity contribution in [1.29, 1.82) is 0 Å². The average molecular weight is 495 g/mol. The van der Waals surface area contributed by atoms with E-state index in [2.05, 4.69) is 0 Å². The molecule has 0 aliphatic carbocycles. The van der Waals surface area contributed by atoms with Crippen LogP contribution in [0.3, 0.4) is 0 Å². The van der Waals surface area contributed by atoms with Crippen LogP contribution in [0.25, 0.3) is 0 Å². The molecule has 11 nitrogen and oxygen atoms in total. The molecule has 0 unspecified atom stereocenters. The summed E-state index contributed by atoms with van der Waals surface area (Å²) in [6, 6.07) is 13.2. The zero-order valence-electron chi connectivity index (χ0n) is 19.8. The number of hydrogen-bond donors (Lipinski definition) is 1. The largest absolute Gasteiger partial charge is 0.491 e. The maximum Gasteiger partial charge on any atom is 0.269 e. The number of nitrogens with two attached hydrogens (primary N) is 1. The first-order chi connectivity index (χ1) is 17.2. The maximum absolute atomic E-state index is 10.6. The molecule has 0 spiro atoms. The molecule has 0 bridgehead atoms. The van der Waals surface area contributed by atoms with E-state index in [1.165, 1.54) is 12.1 Å². The van der Waals surface area contributed by atoms with E-state index in [-0.39, 0.29) is 5.69 Å². The summed E-state index contributed by atoms with van der Waals surface area (Å²) in [5.41, 5.74) is 6.43. The molecule has 0 saturated carbocycles. The molecule has 0 saturated heterocycles. The average Bonchev–Trinajstić information content (AvgIpc) is 2.86. The third-order valence-electron chi connectivity index (χ3n) is 4.44. The van der Waals surface area contributed by atoms with Gasteiger partial charge in [-0.15, -0.1) is 0 Å². The highest BCUT2D eigenvalue weighted by atomic mass is 16.6. The number of nitro groups is 1. The van der Waals surface area contributed by atoms with Gasteiger partial charge in [-0.2, -0.15) is 0 Å². The molecule has 2 N–H and O–H groups in total. The predicted octanol–water partition coefficient (Wildman–Crippen LogP) is 2.72. The number of hydrogen-bond acceptors (Lipinski definition) is 10. The van der Waals surface area contributed by atoms with E-state index in [0.717, 1.165) is 0 Å². The molecule has 0 fully saturated rings. The lowest BCUT2D eigenvalue weighted by Gasteiger charge is -2.09. The molecule has 0 atom stereocenters. The number of ether oxygens (including phenoxy) is 7. The van der Waals surface area contributed by atoms with Crippen LogP contribution in [0.5, 0.6) is 11.5 Å². The van der Waals surface area contributed by atoms with E-state index < -0.39 is 4.92 Å². The minimum atomic E-state index is -0.452. The van der Waals surface area contributed by atoms with Crippen LogP contribution < -0.4 is 15.2 Å². The number of nitro benzene ring substituents is 1. The Morgan fingerprint density at radius 3 is 1.49 bits per heavy atom. The van der Waals surface area contributed by atoms with Crippen molar-refractivity contribution >= 4 is 11.4 Å². The van der Waals surface area contributed by atoms with E-state index >= 15 is 0 Å². The van der Waals surface area contributed by atoms with Crippen LogP contribution in [0, 0.1) is 10.1 Å². The van der Waals surface area contributed by atoms with Crippen molar-refractivity contribution in [3.8, 4) is 11.5 Å². The van der Waals surface area contributed by atoms with Gasteiger partial charge < -0.3 is 38.9 Å². The Labute approximate surface area is 205 Å². The van der Waals surface area contributed by atoms with E-state index in [1.54, 1.807) is 18.2 Å². The second kappa shape index (κ2) is 18.4. The first-order valence-corrected chi connectivity index (χ1v) is 11.4. The Kier molecular flexibility index (Phi) is 14.8. The predicted molar refractivity (Wildman–Crippen MR) is 129 cm³/mol. The Morgan fingerprint density at radius 1 is 0.600 bits per heavy atom. The molecule has 0 amide bonds. The van der Waals surface area contributed by atoms with Crippen molar-refractivity contribution in [3.63, 3.8) is 0 Å². The molecule has 11 heteroatoms. The first-order valence-electron chi connectivity index (χ1n) is 11.4. The van der Waals surface area contributed by atoms with Gasteiger partial charge in [0, 0.05) is 12.1 Å². The summed E-state index contributed by atoms with van der Waals surface area (Å²) in [4.78, 5) is 10.1. The van der Waals surface area contributed by atoms with E-state index in [1.807, 2.05) is 18.2 Å². The number of non-ortho nitro benzene ring substituents is 1. The van der Waals surface area contributed by atoms with E-state index in [0.29, 0.717) is 96.5 Å². The summed E-state index contributed by atoms with van der Waals surface area (Å²) in [5, 5.41) is 10.6. The van der Waals surface area contributed by atoms with Crippen molar-refractivity contribution in [1.82, 2.24) is 0 Å². The molecule has 35 heavy (non-hydrogen) atoms. The van der Waals surface area contributed by atoms with Crippen molar-refractivity contribution in [2.24, 2.45) is 0 Å². The smallest absolute Gasteiger partial charge is 0.269 e. The van der Waals surface area contributed by atoms with Crippen molar-refractivity contribution in [2.75, 3.05) is 85.0 Å². The Bertz CT molecular complexity index is 821. The first kappa shape index (κ1) is 28.3. The molecule has 0 heterocycles. The lowest BCUT2D eigenvalue weighted by molar-refractivity contribution is -0.384. The van der Waals surface area contributed by atoms with Crippen LogP contribution in [-0.2, 0) is 23.7 Å². The van der Waals surface area contributed by atoms with E-state index in [9.17, 15) is 10.1 Å². The highest BCUT2D eigenvalue weighted by molar-refractivity contribution is 5.51. The third-order valence-corrected chi connectivity index (χ3v) is 4.44. The maximum atomic E-state index is 10.6. The van der Waals surface area contributed by atoms with Crippen LogP contribution in [0.2, 0.25) is 0 Å². The summed E-state index contributed by atoms with van der Waals surface area (Å²) in [6.07, 6.45) is 0. The van der Waals surface area contributed by atoms with Crippen LogP contribution in [0.1, 0.15) is 0 Å². The molecule has 2 aromatic rings. The van der Waals surface area contributed by atoms with Gasteiger partial charge in [0.25, 0.3) is 5.69 Å². The zero-order chi connectivity index (χ0) is 25.0. The fourth-order valence-electron chi connectivity index (χ4n) is 2.69. The van der Waals surface area contributed by atoms with Crippen molar-refractivity contribution in [3.05, 3.63) is 58.6 Å². The molecule has 194 valence electrons. The molecule has 0 aliphatic rings. The van der Waals surface area contributed by atoms with Crippen LogP contribution >= 0.6 is 0 Å². The number of nitrogen functional groups attached to an aromatic ring is 1. The highest BCUT2D eigenvalue weighted by Gasteiger charge is 2.04. The topological polar surface area (TPSA) is 134 Å². The van der Waals surface area contributed by atoms with Gasteiger partial charge in [-0.25, -0.2) is 0 Å². The monoisotopic (exact) mass is 494 g/mol. The number of rotatable bonds is 21. The molecule has 0 aliphatic heterocycles. The van der Waals surface area contributed by atoms with Crippen molar-refractivity contribution < 1.29 is 38.1 Å². The summed E-state index contributed by atoms with van der Waals surface area (Å²) in [5.74, 6) is 1.22. The summed E-state index contributed by atoms with van der Waals surface area (Å²) in [7, 11) is 0. The van der Waals surface area contributed by atoms with Gasteiger partial charge in [-0.05, 0) is 24.3 Å². The SMILES string of the molecule is Nc1ccccc1OCCOCCOCCOCCOCCOCCOc1ccc([N+](=O)[O-])cc1. The van der Waals surface area contributed by atoms with Gasteiger partial charge in [0.1, 0.15) is 24.7 Å². The minimum Gasteiger partial charge on any atom is -0.491 e. The quantitative estimate of drug-likeness (QED) is 0.119. The molecule has 0 aromatic heterocycles. The summed E-state index contributed by atoms with van der Waals surface area (Å²) < 4.78 is 38.1. The molecule has 0 radical (unpaired) electrons. The fourth-order valence-corrected chi connectivity index (χ4v) is 2.69. The van der Waals surface area contributed by atoms with Crippen LogP contribution in [0.15, 0.2) is 48.5 Å². The normalized spacial score (nSPS) is 10.9. The summed E-state index contributed by atoms with van der Waals surface area (Å²) in [6.45, 7) is 5.41. The van der Waals surface area contributed by atoms with Crippen LogP contribution in [0.4, 0.5) is 11.4 Å². The lowest BCUT2D eigenvalue weighted by Crippen LogP contribution is -2.15. The van der Waals surface area contributed by atoms with E-state index in [4.69, 9.17) is 38.9 Å². The lowest BCUT2D eigenvalue weighted by atomic mass is 10.3. The van der Waals surface area contributed by atoms with Crippen molar-refractivity contribution in [2.45, 2.75) is 0 Å². The Hall–Kier alpha value is -2.96. The molecular weight excluding hydrogens is 460 g/mol. The van der Waals surface area contributed by atoms with Gasteiger partial charge in [0.05, 0.1) is 76.7 Å². The molecular formula is C24H34N2O9. The number of anilines is 1.